The lowest BCUT2D eigenvalue weighted by Crippen LogP contribution is -2.38. The van der Waals surface area contributed by atoms with Gasteiger partial charge in [-0.3, -0.25) is 9.79 Å². The Morgan fingerprint density at radius 3 is 2.81 bits per heavy atom. The van der Waals surface area contributed by atoms with Gasteiger partial charge < -0.3 is 16.0 Å². The average Bonchev–Trinajstić information content (AvgIpc) is 3.12. The number of amides is 1. The highest BCUT2D eigenvalue weighted by molar-refractivity contribution is 8.00. The van der Waals surface area contributed by atoms with Crippen molar-refractivity contribution in [3.63, 3.8) is 0 Å². The minimum atomic E-state index is 0.184. The Labute approximate surface area is 132 Å². The van der Waals surface area contributed by atoms with Gasteiger partial charge in [0.05, 0.1) is 6.54 Å². The van der Waals surface area contributed by atoms with Crippen LogP contribution < -0.4 is 16.0 Å². The molecular formula is C15H28N4OS. The van der Waals surface area contributed by atoms with Crippen molar-refractivity contribution < 1.29 is 4.79 Å². The molecule has 120 valence electrons. The molecule has 0 aromatic carbocycles. The lowest BCUT2D eigenvalue weighted by molar-refractivity contribution is -0.121. The number of aliphatic imine (C=N–C) groups is 1. The van der Waals surface area contributed by atoms with Gasteiger partial charge in [0.15, 0.2) is 5.96 Å². The van der Waals surface area contributed by atoms with Crippen molar-refractivity contribution >= 4 is 23.6 Å². The number of nitrogens with one attached hydrogen (secondary N) is 3. The molecule has 1 aliphatic heterocycles. The van der Waals surface area contributed by atoms with Crippen molar-refractivity contribution in [3.8, 4) is 0 Å². The summed E-state index contributed by atoms with van der Waals surface area (Å²) in [5.74, 6) is 2.34. The van der Waals surface area contributed by atoms with E-state index in [1.165, 1.54) is 18.6 Å². The zero-order chi connectivity index (χ0) is 14.9. The van der Waals surface area contributed by atoms with Crippen LogP contribution in [0.4, 0.5) is 0 Å². The van der Waals surface area contributed by atoms with Crippen molar-refractivity contribution in [1.82, 2.24) is 16.0 Å². The Balaban J connectivity index is 1.59. The van der Waals surface area contributed by atoms with E-state index in [1.807, 2.05) is 11.8 Å². The SMILES string of the molecule is CCNC(=NCC1CCCS1)NCCCC(=O)NC1CC1. The molecule has 5 nitrogen and oxygen atoms in total. The monoisotopic (exact) mass is 312 g/mol. The summed E-state index contributed by atoms with van der Waals surface area (Å²) in [5.41, 5.74) is 0. The van der Waals surface area contributed by atoms with E-state index in [-0.39, 0.29) is 5.91 Å². The maximum atomic E-state index is 11.6. The zero-order valence-corrected chi connectivity index (χ0v) is 13.8. The number of guanidine groups is 1. The van der Waals surface area contributed by atoms with E-state index in [0.717, 1.165) is 44.9 Å². The molecule has 6 heteroatoms. The quantitative estimate of drug-likeness (QED) is 0.361. The molecule has 2 fully saturated rings. The fraction of sp³-hybridized carbons (Fsp3) is 0.867. The molecular weight excluding hydrogens is 284 g/mol. The number of thioether (sulfide) groups is 1. The van der Waals surface area contributed by atoms with E-state index >= 15 is 0 Å². The van der Waals surface area contributed by atoms with Crippen molar-refractivity contribution in [2.24, 2.45) is 4.99 Å². The fourth-order valence-corrected chi connectivity index (χ4v) is 3.49. The number of carbonyl (C=O) groups is 1. The van der Waals surface area contributed by atoms with Crippen molar-refractivity contribution in [2.45, 2.75) is 56.7 Å². The number of rotatable bonds is 8. The van der Waals surface area contributed by atoms with Gasteiger partial charge in [-0.15, -0.1) is 0 Å². The third-order valence-corrected chi connectivity index (χ3v) is 5.02. The van der Waals surface area contributed by atoms with Gasteiger partial charge in [0.1, 0.15) is 0 Å². The summed E-state index contributed by atoms with van der Waals surface area (Å²) in [6.07, 6.45) is 6.36. The maximum absolute atomic E-state index is 11.6. The average molecular weight is 312 g/mol. The predicted octanol–water partition coefficient (Wildman–Crippen LogP) is 1.50. The van der Waals surface area contributed by atoms with Crippen LogP contribution >= 0.6 is 11.8 Å². The van der Waals surface area contributed by atoms with E-state index < -0.39 is 0 Å². The molecule has 0 aromatic heterocycles. The lowest BCUT2D eigenvalue weighted by atomic mass is 10.2. The summed E-state index contributed by atoms with van der Waals surface area (Å²) in [5, 5.41) is 10.3. The van der Waals surface area contributed by atoms with E-state index in [9.17, 15) is 4.79 Å². The topological polar surface area (TPSA) is 65.5 Å². The van der Waals surface area contributed by atoms with Crippen molar-refractivity contribution in [3.05, 3.63) is 0 Å². The molecule has 2 aliphatic rings. The molecule has 0 bridgehead atoms. The Hall–Kier alpha value is -0.910. The standard InChI is InChI=1S/C15H28N4OS/c1-2-16-15(18-11-13-5-4-10-21-13)17-9-3-6-14(20)19-12-7-8-12/h12-13H,2-11H2,1H3,(H,19,20)(H2,16,17,18). The van der Waals surface area contributed by atoms with Gasteiger partial charge in [-0.2, -0.15) is 11.8 Å². The first-order chi connectivity index (χ1) is 10.3. The molecule has 1 saturated heterocycles. The molecule has 0 radical (unpaired) electrons. The molecule has 1 atom stereocenters. The van der Waals surface area contributed by atoms with Gasteiger partial charge in [0.25, 0.3) is 0 Å². The summed E-state index contributed by atoms with van der Waals surface area (Å²) in [4.78, 5) is 16.2. The van der Waals surface area contributed by atoms with Gasteiger partial charge >= 0.3 is 0 Å². The molecule has 3 N–H and O–H groups in total. The van der Waals surface area contributed by atoms with Crippen LogP contribution in [0.3, 0.4) is 0 Å². The highest BCUT2D eigenvalue weighted by Gasteiger charge is 2.22. The molecule has 1 amide bonds. The first-order valence-electron chi connectivity index (χ1n) is 8.21. The zero-order valence-electron chi connectivity index (χ0n) is 13.0. The van der Waals surface area contributed by atoms with E-state index in [0.29, 0.717) is 17.7 Å². The Morgan fingerprint density at radius 2 is 2.14 bits per heavy atom. The Bertz CT molecular complexity index is 352. The summed E-state index contributed by atoms with van der Waals surface area (Å²) < 4.78 is 0. The van der Waals surface area contributed by atoms with Gasteiger partial charge in [-0.25, -0.2) is 0 Å². The van der Waals surface area contributed by atoms with E-state index in [2.05, 4.69) is 27.9 Å². The molecule has 21 heavy (non-hydrogen) atoms. The normalized spacial score (nSPS) is 22.1. The molecule has 1 heterocycles. The first-order valence-corrected chi connectivity index (χ1v) is 9.26. The molecule has 1 saturated carbocycles. The second-order valence-corrected chi connectivity index (χ2v) is 7.14. The predicted molar refractivity (Wildman–Crippen MR) is 89.9 cm³/mol. The van der Waals surface area contributed by atoms with Crippen LogP contribution in [0, 0.1) is 0 Å². The van der Waals surface area contributed by atoms with Crippen LogP contribution in [0.15, 0.2) is 4.99 Å². The smallest absolute Gasteiger partial charge is 0.220 e. The second-order valence-electron chi connectivity index (χ2n) is 5.73. The largest absolute Gasteiger partial charge is 0.357 e. The van der Waals surface area contributed by atoms with E-state index in [4.69, 9.17) is 0 Å². The molecule has 0 spiro atoms. The minimum Gasteiger partial charge on any atom is -0.357 e. The minimum absolute atomic E-state index is 0.184. The van der Waals surface area contributed by atoms with Crippen LogP contribution in [-0.4, -0.2) is 48.5 Å². The van der Waals surface area contributed by atoms with Crippen molar-refractivity contribution in [1.29, 1.82) is 0 Å². The number of nitrogens with zero attached hydrogens (tertiary/aromatic N) is 1. The van der Waals surface area contributed by atoms with Gasteiger partial charge in [-0.05, 0) is 44.8 Å². The Kier molecular flexibility index (Phi) is 7.19. The Morgan fingerprint density at radius 1 is 1.29 bits per heavy atom. The molecule has 0 aromatic rings. The van der Waals surface area contributed by atoms with Crippen LogP contribution in [0.5, 0.6) is 0 Å². The third-order valence-electron chi connectivity index (χ3n) is 3.64. The number of hydrogen-bond donors (Lipinski definition) is 3. The number of hydrogen-bond acceptors (Lipinski definition) is 3. The van der Waals surface area contributed by atoms with Crippen LogP contribution in [-0.2, 0) is 4.79 Å². The highest BCUT2D eigenvalue weighted by Crippen LogP contribution is 2.25. The highest BCUT2D eigenvalue weighted by atomic mass is 32.2. The van der Waals surface area contributed by atoms with Crippen molar-refractivity contribution in [2.75, 3.05) is 25.4 Å². The summed E-state index contributed by atoms with van der Waals surface area (Å²) in [7, 11) is 0. The lowest BCUT2D eigenvalue weighted by Gasteiger charge is -2.12. The van der Waals surface area contributed by atoms with Crippen LogP contribution in [0.2, 0.25) is 0 Å². The summed E-state index contributed by atoms with van der Waals surface area (Å²) >= 11 is 2.03. The first kappa shape index (κ1) is 16.5. The van der Waals surface area contributed by atoms with Crippen LogP contribution in [0.25, 0.3) is 0 Å². The molecule has 1 aliphatic carbocycles. The summed E-state index contributed by atoms with van der Waals surface area (Å²) in [6, 6.07) is 0.466. The number of carbonyl (C=O) groups excluding carboxylic acids is 1. The summed E-state index contributed by atoms with van der Waals surface area (Å²) in [6.45, 7) is 4.63. The van der Waals surface area contributed by atoms with Gasteiger partial charge in [0, 0.05) is 30.8 Å². The third kappa shape index (κ3) is 7.07. The van der Waals surface area contributed by atoms with Gasteiger partial charge in [-0.1, -0.05) is 0 Å². The van der Waals surface area contributed by atoms with Gasteiger partial charge in [0.2, 0.25) is 5.91 Å². The van der Waals surface area contributed by atoms with Crippen LogP contribution in [0.1, 0.15) is 45.4 Å². The van der Waals surface area contributed by atoms with E-state index in [1.54, 1.807) is 0 Å². The molecule has 2 rings (SSSR count). The fourth-order valence-electron chi connectivity index (χ4n) is 2.31. The maximum Gasteiger partial charge on any atom is 0.220 e. The molecule has 1 unspecified atom stereocenters. The second kappa shape index (κ2) is 9.18.